The van der Waals surface area contributed by atoms with E-state index in [1.165, 1.54) is 0 Å². The molecule has 0 aliphatic carbocycles. The van der Waals surface area contributed by atoms with E-state index in [1.54, 1.807) is 53.4 Å². The monoisotopic (exact) mass is 543 g/mol. The highest BCUT2D eigenvalue weighted by Crippen LogP contribution is 2.55. The van der Waals surface area contributed by atoms with E-state index >= 15 is 0 Å². The van der Waals surface area contributed by atoms with Gasteiger partial charge in [-0.1, -0.05) is 109 Å². The molecule has 4 aromatic carbocycles. The highest BCUT2D eigenvalue weighted by molar-refractivity contribution is 6.12. The zero-order valence-electron chi connectivity index (χ0n) is 22.4. The second-order valence-corrected chi connectivity index (χ2v) is 10.6. The van der Waals surface area contributed by atoms with Crippen LogP contribution in [-0.4, -0.2) is 30.0 Å². The van der Waals surface area contributed by atoms with Gasteiger partial charge in [-0.2, -0.15) is 0 Å². The fraction of sp³-hybridized carbons (Fsp3) is 0.200. The van der Waals surface area contributed by atoms with E-state index in [2.05, 4.69) is 0 Å². The predicted octanol–water partition coefficient (Wildman–Crippen LogP) is 5.81. The average molecular weight is 544 g/mol. The minimum absolute atomic E-state index is 0.00737. The Morgan fingerprint density at radius 1 is 0.707 bits per heavy atom. The molecule has 0 unspecified atom stereocenters. The van der Waals surface area contributed by atoms with Gasteiger partial charge in [-0.3, -0.25) is 19.2 Å². The molecule has 0 saturated carbocycles. The van der Waals surface area contributed by atoms with E-state index in [4.69, 9.17) is 4.74 Å². The van der Waals surface area contributed by atoms with Gasteiger partial charge in [-0.15, -0.1) is 0 Å². The largest absolute Gasteiger partial charge is 0.465 e. The summed E-state index contributed by atoms with van der Waals surface area (Å²) in [5.41, 5.74) is 1.82. The Balaban J connectivity index is 1.48. The molecule has 6 heteroatoms. The van der Waals surface area contributed by atoms with Crippen LogP contribution in [0.3, 0.4) is 0 Å². The van der Waals surface area contributed by atoms with Gasteiger partial charge in [-0.05, 0) is 17.2 Å². The first kappa shape index (κ1) is 26.4. The molecule has 0 N–H and O–H groups in total. The summed E-state index contributed by atoms with van der Waals surface area (Å²) >= 11 is 0. The zero-order valence-corrected chi connectivity index (χ0v) is 22.4. The predicted molar refractivity (Wildman–Crippen MR) is 154 cm³/mol. The average Bonchev–Trinajstić information content (AvgIpc) is 3.25. The molecule has 2 heterocycles. The van der Waals surface area contributed by atoms with Crippen LogP contribution in [0.2, 0.25) is 0 Å². The normalized spacial score (nSPS) is 21.4. The summed E-state index contributed by atoms with van der Waals surface area (Å²) in [5.74, 6) is -3.03. The molecule has 3 atom stereocenters. The third-order valence-electron chi connectivity index (χ3n) is 8.34. The highest BCUT2D eigenvalue weighted by Gasteiger charge is 2.64. The van der Waals surface area contributed by atoms with Gasteiger partial charge in [0.2, 0.25) is 5.91 Å². The molecular weight excluding hydrogens is 514 g/mol. The van der Waals surface area contributed by atoms with E-state index < -0.39 is 23.2 Å². The number of carbonyl (C=O) groups is 4. The van der Waals surface area contributed by atoms with E-state index in [-0.39, 0.29) is 36.9 Å². The number of rotatable bonds is 8. The van der Waals surface area contributed by atoms with Crippen molar-refractivity contribution in [2.45, 2.75) is 24.8 Å². The maximum absolute atomic E-state index is 14.8. The highest BCUT2D eigenvalue weighted by atomic mass is 16.5. The summed E-state index contributed by atoms with van der Waals surface area (Å²) in [7, 11) is 0. The number of carbonyl (C=O) groups excluding carboxylic acids is 4. The van der Waals surface area contributed by atoms with Gasteiger partial charge in [0.1, 0.15) is 0 Å². The van der Waals surface area contributed by atoms with Crippen molar-refractivity contribution in [2.75, 3.05) is 11.5 Å². The Bertz CT molecular complexity index is 1600. The number of nitrogens with zero attached hydrogens (tertiary/aromatic N) is 1. The summed E-state index contributed by atoms with van der Waals surface area (Å²) < 4.78 is 5.67. The Hall–Kier alpha value is -4.84. The number of Topliss-reactive ketones (excluding diaryl/α,β-unsaturated/α-hetero) is 2. The van der Waals surface area contributed by atoms with Crippen molar-refractivity contribution in [3.05, 3.63) is 138 Å². The molecular formula is C35H29NO5. The maximum Gasteiger partial charge on any atom is 0.310 e. The van der Waals surface area contributed by atoms with Gasteiger partial charge in [-0.25, -0.2) is 0 Å². The first-order chi connectivity index (χ1) is 20.0. The Kier molecular flexibility index (Phi) is 7.06. The first-order valence-corrected chi connectivity index (χ1v) is 13.8. The number of cyclic esters (lactones) is 1. The number of amides is 1. The third-order valence-corrected chi connectivity index (χ3v) is 8.34. The number of ether oxygens (including phenoxy) is 1. The van der Waals surface area contributed by atoms with E-state index in [1.807, 2.05) is 66.7 Å². The molecule has 2 aliphatic rings. The van der Waals surface area contributed by atoms with E-state index in [9.17, 15) is 19.2 Å². The smallest absolute Gasteiger partial charge is 0.310 e. The van der Waals surface area contributed by atoms with Crippen molar-refractivity contribution >= 4 is 29.1 Å². The van der Waals surface area contributed by atoms with E-state index in [0.717, 1.165) is 5.56 Å². The van der Waals surface area contributed by atoms with Crippen molar-refractivity contribution < 1.29 is 23.9 Å². The summed E-state index contributed by atoms with van der Waals surface area (Å²) in [4.78, 5) is 57.2. The summed E-state index contributed by atoms with van der Waals surface area (Å²) in [6, 6.07) is 34.7. The number of para-hydroxylation sites is 1. The van der Waals surface area contributed by atoms with Crippen molar-refractivity contribution in [1.82, 2.24) is 0 Å². The summed E-state index contributed by atoms with van der Waals surface area (Å²) in [6.45, 7) is 0.207. The molecule has 0 aromatic heterocycles. The number of ketones is 2. The molecule has 1 saturated heterocycles. The lowest BCUT2D eigenvalue weighted by atomic mass is 9.59. The van der Waals surface area contributed by atoms with Crippen LogP contribution < -0.4 is 4.90 Å². The molecule has 6 nitrogen and oxygen atoms in total. The zero-order chi connectivity index (χ0) is 28.4. The van der Waals surface area contributed by atoms with Crippen LogP contribution in [0, 0.1) is 11.8 Å². The van der Waals surface area contributed by atoms with Crippen LogP contribution in [0.25, 0.3) is 0 Å². The quantitative estimate of drug-likeness (QED) is 0.207. The fourth-order valence-corrected chi connectivity index (χ4v) is 6.40. The lowest BCUT2D eigenvalue weighted by molar-refractivity contribution is -0.167. The molecule has 0 radical (unpaired) electrons. The minimum atomic E-state index is -1.43. The lowest BCUT2D eigenvalue weighted by Crippen LogP contribution is -2.58. The molecule has 0 bridgehead atoms. The maximum atomic E-state index is 14.8. The Morgan fingerprint density at radius 2 is 1.24 bits per heavy atom. The van der Waals surface area contributed by atoms with Crippen LogP contribution in [-0.2, 0) is 26.3 Å². The second kappa shape index (κ2) is 11.0. The van der Waals surface area contributed by atoms with Gasteiger partial charge >= 0.3 is 5.97 Å². The second-order valence-electron chi connectivity index (χ2n) is 10.6. The number of anilines is 1. The molecule has 1 amide bonds. The minimum Gasteiger partial charge on any atom is -0.465 e. The van der Waals surface area contributed by atoms with E-state index in [0.29, 0.717) is 28.9 Å². The van der Waals surface area contributed by atoms with Gasteiger partial charge in [0.15, 0.2) is 11.6 Å². The van der Waals surface area contributed by atoms with Crippen molar-refractivity contribution in [3.63, 3.8) is 0 Å². The molecule has 1 fully saturated rings. The SMILES string of the molecule is O=C(C[C@H]1COC(=O)[C@H](CC(=O)c2ccccc2)[C@]12C(=O)N(Cc1ccccc1)c1ccccc12)c1ccccc1. The van der Waals surface area contributed by atoms with Gasteiger partial charge in [0, 0.05) is 35.6 Å². The molecule has 41 heavy (non-hydrogen) atoms. The Morgan fingerprint density at radius 3 is 1.88 bits per heavy atom. The van der Waals surface area contributed by atoms with Gasteiger partial charge < -0.3 is 9.64 Å². The number of hydrogen-bond acceptors (Lipinski definition) is 5. The molecule has 4 aromatic rings. The fourth-order valence-electron chi connectivity index (χ4n) is 6.40. The van der Waals surface area contributed by atoms with Crippen LogP contribution in [0.4, 0.5) is 5.69 Å². The molecule has 1 spiro atoms. The molecule has 6 rings (SSSR count). The van der Waals surface area contributed by atoms with Crippen molar-refractivity contribution in [1.29, 1.82) is 0 Å². The van der Waals surface area contributed by atoms with Crippen LogP contribution >= 0.6 is 0 Å². The number of benzene rings is 4. The summed E-state index contributed by atoms with van der Waals surface area (Å²) in [6.07, 6.45) is -0.218. The number of hydrogen-bond donors (Lipinski definition) is 0. The lowest BCUT2D eigenvalue weighted by Gasteiger charge is -2.44. The standard InChI is InChI=1S/C35H29NO5/c37-31(25-14-6-2-7-15-25)20-27-23-41-33(39)29(21-32(38)26-16-8-3-9-17-26)35(27)28-18-10-11-19-30(28)36(34(35)40)22-24-12-4-1-5-13-24/h1-19,27,29H,20-23H2/t27-,29-,35-/m0/s1. The van der Waals surface area contributed by atoms with Crippen molar-refractivity contribution in [3.8, 4) is 0 Å². The molecule has 204 valence electrons. The summed E-state index contributed by atoms with van der Waals surface area (Å²) in [5, 5.41) is 0. The third kappa shape index (κ3) is 4.65. The van der Waals surface area contributed by atoms with Crippen LogP contribution in [0.5, 0.6) is 0 Å². The number of esters is 1. The topological polar surface area (TPSA) is 80.8 Å². The van der Waals surface area contributed by atoms with Crippen LogP contribution in [0.15, 0.2) is 115 Å². The first-order valence-electron chi connectivity index (χ1n) is 13.8. The van der Waals surface area contributed by atoms with Crippen molar-refractivity contribution in [2.24, 2.45) is 11.8 Å². The number of fused-ring (bicyclic) bond motifs is 2. The Labute approximate surface area is 238 Å². The molecule has 2 aliphatic heterocycles. The van der Waals surface area contributed by atoms with Gasteiger partial charge in [0.25, 0.3) is 0 Å². The van der Waals surface area contributed by atoms with Crippen LogP contribution in [0.1, 0.15) is 44.7 Å². The van der Waals surface area contributed by atoms with Gasteiger partial charge in [0.05, 0.1) is 24.5 Å².